The number of benzene rings is 1. The van der Waals surface area contributed by atoms with Gasteiger partial charge in [-0.1, -0.05) is 32.4 Å². The number of pyridine rings is 1. The van der Waals surface area contributed by atoms with E-state index in [2.05, 4.69) is 31.1 Å². The fourth-order valence-electron chi connectivity index (χ4n) is 1.90. The third-order valence-corrected chi connectivity index (χ3v) is 3.29. The highest BCUT2D eigenvalue weighted by atomic mass is 35.5. The fourth-order valence-corrected chi connectivity index (χ4v) is 2.05. The lowest BCUT2D eigenvalue weighted by atomic mass is 9.92. The SMILES string of the molecule is CC(C)(C)CCNC(=O)c1ccc2nc(Cl)ccc2c1. The molecule has 106 valence electrons. The van der Waals surface area contributed by atoms with Crippen LogP contribution >= 0.6 is 11.6 Å². The Morgan fingerprint density at radius 3 is 2.70 bits per heavy atom. The van der Waals surface area contributed by atoms with E-state index in [4.69, 9.17) is 11.6 Å². The topological polar surface area (TPSA) is 42.0 Å². The highest BCUT2D eigenvalue weighted by Crippen LogP contribution is 2.18. The van der Waals surface area contributed by atoms with Gasteiger partial charge in [0.25, 0.3) is 5.91 Å². The van der Waals surface area contributed by atoms with E-state index in [0.717, 1.165) is 17.3 Å². The Hall–Kier alpha value is -1.61. The minimum Gasteiger partial charge on any atom is -0.352 e. The van der Waals surface area contributed by atoms with Crippen molar-refractivity contribution in [3.8, 4) is 0 Å². The first-order chi connectivity index (χ1) is 9.35. The zero-order valence-electron chi connectivity index (χ0n) is 12.0. The van der Waals surface area contributed by atoms with Gasteiger partial charge in [-0.3, -0.25) is 4.79 Å². The van der Waals surface area contributed by atoms with E-state index >= 15 is 0 Å². The summed E-state index contributed by atoms with van der Waals surface area (Å²) in [6, 6.07) is 9.03. The van der Waals surface area contributed by atoms with Gasteiger partial charge in [-0.15, -0.1) is 0 Å². The molecule has 1 aromatic carbocycles. The maximum atomic E-state index is 12.1. The van der Waals surface area contributed by atoms with Gasteiger partial charge in [-0.25, -0.2) is 4.98 Å². The van der Waals surface area contributed by atoms with Gasteiger partial charge < -0.3 is 5.32 Å². The number of hydrogen-bond acceptors (Lipinski definition) is 2. The number of rotatable bonds is 3. The van der Waals surface area contributed by atoms with Gasteiger partial charge in [0.2, 0.25) is 0 Å². The highest BCUT2D eigenvalue weighted by Gasteiger charge is 2.11. The normalized spacial score (nSPS) is 11.6. The smallest absolute Gasteiger partial charge is 0.251 e. The second-order valence-corrected chi connectivity index (χ2v) is 6.50. The van der Waals surface area contributed by atoms with E-state index in [1.807, 2.05) is 18.2 Å². The first-order valence-corrected chi connectivity index (χ1v) is 7.07. The summed E-state index contributed by atoms with van der Waals surface area (Å²) < 4.78 is 0. The molecule has 1 N–H and O–H groups in total. The Labute approximate surface area is 124 Å². The fraction of sp³-hybridized carbons (Fsp3) is 0.375. The van der Waals surface area contributed by atoms with Crippen LogP contribution in [0.4, 0.5) is 0 Å². The number of halogens is 1. The quantitative estimate of drug-likeness (QED) is 0.866. The molecule has 0 fully saturated rings. The summed E-state index contributed by atoms with van der Waals surface area (Å²) in [4.78, 5) is 16.3. The van der Waals surface area contributed by atoms with Crippen molar-refractivity contribution in [2.24, 2.45) is 5.41 Å². The summed E-state index contributed by atoms with van der Waals surface area (Å²) in [7, 11) is 0. The second kappa shape index (κ2) is 5.80. The number of hydrogen-bond donors (Lipinski definition) is 1. The molecule has 0 spiro atoms. The van der Waals surface area contributed by atoms with Crippen molar-refractivity contribution < 1.29 is 4.79 Å². The van der Waals surface area contributed by atoms with E-state index in [1.165, 1.54) is 0 Å². The van der Waals surface area contributed by atoms with Gasteiger partial charge >= 0.3 is 0 Å². The number of amides is 1. The third-order valence-electron chi connectivity index (χ3n) is 3.08. The molecule has 1 heterocycles. The van der Waals surface area contributed by atoms with Crippen LogP contribution in [0.5, 0.6) is 0 Å². The van der Waals surface area contributed by atoms with Crippen LogP contribution in [0.3, 0.4) is 0 Å². The Kier molecular flexibility index (Phi) is 4.29. The van der Waals surface area contributed by atoms with E-state index in [9.17, 15) is 4.79 Å². The average Bonchev–Trinajstić information content (AvgIpc) is 2.36. The van der Waals surface area contributed by atoms with Crippen LogP contribution < -0.4 is 5.32 Å². The summed E-state index contributed by atoms with van der Waals surface area (Å²) in [6.45, 7) is 7.15. The lowest BCUT2D eigenvalue weighted by molar-refractivity contribution is 0.0949. The summed E-state index contributed by atoms with van der Waals surface area (Å²) in [5.41, 5.74) is 1.66. The zero-order valence-corrected chi connectivity index (χ0v) is 12.8. The summed E-state index contributed by atoms with van der Waals surface area (Å²) in [6.07, 6.45) is 0.948. The van der Waals surface area contributed by atoms with Crippen molar-refractivity contribution >= 4 is 28.4 Å². The molecule has 0 saturated carbocycles. The predicted octanol–water partition coefficient (Wildman–Crippen LogP) is 4.05. The van der Waals surface area contributed by atoms with E-state index < -0.39 is 0 Å². The Balaban J connectivity index is 2.09. The van der Waals surface area contributed by atoms with Crippen LogP contribution in [0, 0.1) is 5.41 Å². The van der Waals surface area contributed by atoms with Crippen LogP contribution in [0.2, 0.25) is 5.15 Å². The van der Waals surface area contributed by atoms with Crippen molar-refractivity contribution in [2.75, 3.05) is 6.54 Å². The predicted molar refractivity (Wildman–Crippen MR) is 83.2 cm³/mol. The van der Waals surface area contributed by atoms with Crippen LogP contribution in [0.15, 0.2) is 30.3 Å². The summed E-state index contributed by atoms with van der Waals surface area (Å²) >= 11 is 5.84. The second-order valence-electron chi connectivity index (χ2n) is 6.11. The number of carbonyl (C=O) groups is 1. The van der Waals surface area contributed by atoms with Crippen LogP contribution in [0.1, 0.15) is 37.6 Å². The molecule has 0 aliphatic rings. The lowest BCUT2D eigenvalue weighted by Gasteiger charge is -2.18. The monoisotopic (exact) mass is 290 g/mol. The van der Waals surface area contributed by atoms with Gasteiger partial charge in [0, 0.05) is 17.5 Å². The molecule has 2 rings (SSSR count). The Bertz CT molecular complexity index is 632. The molecule has 0 saturated heterocycles. The molecule has 0 aliphatic heterocycles. The Morgan fingerprint density at radius 2 is 2.00 bits per heavy atom. The van der Waals surface area contributed by atoms with Crippen LogP contribution in [-0.2, 0) is 0 Å². The molecule has 1 amide bonds. The van der Waals surface area contributed by atoms with Crippen molar-refractivity contribution in [2.45, 2.75) is 27.2 Å². The largest absolute Gasteiger partial charge is 0.352 e. The molecule has 0 unspecified atom stereocenters. The van der Waals surface area contributed by atoms with E-state index in [0.29, 0.717) is 17.3 Å². The van der Waals surface area contributed by atoms with Gasteiger partial charge in [0.05, 0.1) is 5.52 Å². The van der Waals surface area contributed by atoms with Gasteiger partial charge in [0.15, 0.2) is 0 Å². The molecule has 0 aliphatic carbocycles. The number of nitrogens with zero attached hydrogens (tertiary/aromatic N) is 1. The first-order valence-electron chi connectivity index (χ1n) is 6.70. The van der Waals surface area contributed by atoms with Crippen molar-refractivity contribution in [1.29, 1.82) is 0 Å². The first kappa shape index (κ1) is 14.8. The maximum absolute atomic E-state index is 12.1. The van der Waals surface area contributed by atoms with Crippen molar-refractivity contribution in [1.82, 2.24) is 10.3 Å². The molecule has 2 aromatic rings. The zero-order chi connectivity index (χ0) is 14.8. The van der Waals surface area contributed by atoms with Gasteiger partial charge in [0.1, 0.15) is 5.15 Å². The highest BCUT2D eigenvalue weighted by molar-refractivity contribution is 6.29. The number of fused-ring (bicyclic) bond motifs is 1. The molecule has 0 bridgehead atoms. The standard InChI is InChI=1S/C16H19ClN2O/c1-16(2,3)8-9-18-15(20)12-4-6-13-11(10-12)5-7-14(17)19-13/h4-7,10H,8-9H2,1-3H3,(H,18,20). The number of carbonyl (C=O) groups excluding carboxylic acids is 1. The molecule has 0 atom stereocenters. The lowest BCUT2D eigenvalue weighted by Crippen LogP contribution is -2.27. The summed E-state index contributed by atoms with van der Waals surface area (Å²) in [5.74, 6) is -0.0499. The molecule has 20 heavy (non-hydrogen) atoms. The molecule has 1 aromatic heterocycles. The van der Waals surface area contributed by atoms with Gasteiger partial charge in [-0.2, -0.15) is 0 Å². The molecule has 3 nitrogen and oxygen atoms in total. The average molecular weight is 291 g/mol. The number of aromatic nitrogens is 1. The van der Waals surface area contributed by atoms with E-state index in [-0.39, 0.29) is 11.3 Å². The van der Waals surface area contributed by atoms with Crippen LogP contribution in [0.25, 0.3) is 10.9 Å². The van der Waals surface area contributed by atoms with Gasteiger partial charge in [-0.05, 0) is 42.2 Å². The molecule has 0 radical (unpaired) electrons. The molecular formula is C16H19ClN2O. The number of nitrogens with one attached hydrogen (secondary N) is 1. The van der Waals surface area contributed by atoms with Crippen LogP contribution in [-0.4, -0.2) is 17.4 Å². The maximum Gasteiger partial charge on any atom is 0.251 e. The van der Waals surface area contributed by atoms with E-state index in [1.54, 1.807) is 12.1 Å². The molecular weight excluding hydrogens is 272 g/mol. The minimum atomic E-state index is -0.0499. The minimum absolute atomic E-state index is 0.0499. The third kappa shape index (κ3) is 3.94. The molecule has 4 heteroatoms. The summed E-state index contributed by atoms with van der Waals surface area (Å²) in [5, 5.41) is 4.32. The van der Waals surface area contributed by atoms with Crippen molar-refractivity contribution in [3.05, 3.63) is 41.0 Å². The Morgan fingerprint density at radius 1 is 1.25 bits per heavy atom. The van der Waals surface area contributed by atoms with Crippen molar-refractivity contribution in [3.63, 3.8) is 0 Å².